The first-order chi connectivity index (χ1) is 16.4. The molecule has 1 amide bonds. The number of rotatable bonds is 8. The molecule has 8 heteroatoms. The molecule has 1 aromatic heterocycles. The molecule has 3 aromatic carbocycles. The SMILES string of the molecule is CCOc1ccc(-n2c(SCC(=O)Nc3cc(C)ccc3C)nnc2-c2cccc(Cl)c2)cc1. The van der Waals surface area contributed by atoms with Gasteiger partial charge >= 0.3 is 0 Å². The van der Waals surface area contributed by atoms with Crippen LogP contribution in [0, 0.1) is 13.8 Å². The normalized spacial score (nSPS) is 10.8. The lowest BCUT2D eigenvalue weighted by Crippen LogP contribution is -2.15. The summed E-state index contributed by atoms with van der Waals surface area (Å²) in [5, 5.41) is 13.0. The van der Waals surface area contributed by atoms with Crippen molar-refractivity contribution in [2.45, 2.75) is 25.9 Å². The summed E-state index contributed by atoms with van der Waals surface area (Å²) in [6.07, 6.45) is 0. The quantitative estimate of drug-likeness (QED) is 0.291. The number of aryl methyl sites for hydroxylation is 2. The molecule has 0 saturated heterocycles. The highest BCUT2D eigenvalue weighted by Gasteiger charge is 2.18. The summed E-state index contributed by atoms with van der Waals surface area (Å²) in [5.74, 6) is 1.51. The second-order valence-electron chi connectivity index (χ2n) is 7.73. The number of ether oxygens (including phenoxy) is 1. The summed E-state index contributed by atoms with van der Waals surface area (Å²) in [6, 6.07) is 21.2. The predicted molar refractivity (Wildman–Crippen MR) is 138 cm³/mol. The first-order valence-electron chi connectivity index (χ1n) is 10.9. The standard InChI is InChI=1S/C26H25ClN4O2S/c1-4-33-22-12-10-21(11-13-22)31-25(19-6-5-7-20(27)15-19)29-30-26(31)34-16-24(32)28-23-14-17(2)8-9-18(23)3/h5-15H,4,16H2,1-3H3,(H,28,32). The van der Waals surface area contributed by atoms with E-state index in [1.807, 2.05) is 92.1 Å². The zero-order chi connectivity index (χ0) is 24.1. The van der Waals surface area contributed by atoms with Crippen molar-refractivity contribution in [1.82, 2.24) is 14.8 Å². The van der Waals surface area contributed by atoms with Gasteiger partial charge in [-0.15, -0.1) is 10.2 Å². The minimum atomic E-state index is -0.107. The molecular formula is C26H25ClN4O2S. The Hall–Kier alpha value is -3.29. The Morgan fingerprint density at radius 1 is 1.06 bits per heavy atom. The summed E-state index contributed by atoms with van der Waals surface area (Å²) in [7, 11) is 0. The fourth-order valence-corrected chi connectivity index (χ4v) is 4.40. The van der Waals surface area contributed by atoms with Gasteiger partial charge in [0.05, 0.1) is 12.4 Å². The van der Waals surface area contributed by atoms with Gasteiger partial charge < -0.3 is 10.1 Å². The van der Waals surface area contributed by atoms with Crippen molar-refractivity contribution in [2.24, 2.45) is 0 Å². The summed E-state index contributed by atoms with van der Waals surface area (Å²) in [5.41, 5.74) is 4.62. The van der Waals surface area contributed by atoms with Gasteiger partial charge in [-0.2, -0.15) is 0 Å². The van der Waals surface area contributed by atoms with Crippen LogP contribution < -0.4 is 10.1 Å². The molecule has 4 rings (SSSR count). The average Bonchev–Trinajstić information content (AvgIpc) is 3.25. The fourth-order valence-electron chi connectivity index (χ4n) is 3.46. The molecule has 0 radical (unpaired) electrons. The van der Waals surface area contributed by atoms with E-state index >= 15 is 0 Å². The largest absolute Gasteiger partial charge is 0.494 e. The maximum Gasteiger partial charge on any atom is 0.234 e. The predicted octanol–water partition coefficient (Wildman–Crippen LogP) is 6.33. The van der Waals surface area contributed by atoms with E-state index < -0.39 is 0 Å². The smallest absolute Gasteiger partial charge is 0.234 e. The van der Waals surface area contributed by atoms with E-state index in [2.05, 4.69) is 15.5 Å². The molecule has 0 atom stereocenters. The zero-order valence-electron chi connectivity index (χ0n) is 19.2. The molecule has 0 aliphatic carbocycles. The van der Waals surface area contributed by atoms with Crippen LogP contribution >= 0.6 is 23.4 Å². The minimum Gasteiger partial charge on any atom is -0.494 e. The zero-order valence-corrected chi connectivity index (χ0v) is 20.8. The third-order valence-electron chi connectivity index (χ3n) is 5.12. The lowest BCUT2D eigenvalue weighted by molar-refractivity contribution is -0.113. The molecule has 0 spiro atoms. The highest BCUT2D eigenvalue weighted by atomic mass is 35.5. The Morgan fingerprint density at radius 3 is 2.59 bits per heavy atom. The summed E-state index contributed by atoms with van der Waals surface area (Å²) in [4.78, 5) is 12.7. The van der Waals surface area contributed by atoms with E-state index in [1.54, 1.807) is 0 Å². The Balaban J connectivity index is 1.61. The summed E-state index contributed by atoms with van der Waals surface area (Å²) >= 11 is 7.55. The van der Waals surface area contributed by atoms with Gasteiger partial charge in [-0.05, 0) is 74.4 Å². The molecule has 0 fully saturated rings. The van der Waals surface area contributed by atoms with Crippen molar-refractivity contribution in [3.8, 4) is 22.8 Å². The van der Waals surface area contributed by atoms with Gasteiger partial charge in [0.25, 0.3) is 0 Å². The maximum absolute atomic E-state index is 12.7. The minimum absolute atomic E-state index is 0.107. The maximum atomic E-state index is 12.7. The van der Waals surface area contributed by atoms with Crippen LogP contribution in [0.2, 0.25) is 5.02 Å². The van der Waals surface area contributed by atoms with Crippen molar-refractivity contribution in [3.63, 3.8) is 0 Å². The number of carbonyl (C=O) groups is 1. The van der Waals surface area contributed by atoms with E-state index in [4.69, 9.17) is 16.3 Å². The number of carbonyl (C=O) groups excluding carboxylic acids is 1. The Labute approximate surface area is 208 Å². The van der Waals surface area contributed by atoms with Gasteiger partial charge in [0, 0.05) is 22.0 Å². The number of thioether (sulfide) groups is 1. The van der Waals surface area contributed by atoms with E-state index in [-0.39, 0.29) is 11.7 Å². The number of aromatic nitrogens is 3. The molecular weight excluding hydrogens is 468 g/mol. The van der Waals surface area contributed by atoms with Gasteiger partial charge in [0.1, 0.15) is 5.75 Å². The number of hydrogen-bond donors (Lipinski definition) is 1. The molecule has 0 bridgehead atoms. The third kappa shape index (κ3) is 5.61. The molecule has 34 heavy (non-hydrogen) atoms. The third-order valence-corrected chi connectivity index (χ3v) is 6.29. The Kier molecular flexibility index (Phi) is 7.55. The van der Waals surface area contributed by atoms with Crippen molar-refractivity contribution < 1.29 is 9.53 Å². The topological polar surface area (TPSA) is 69.0 Å². The number of nitrogens with zero attached hydrogens (tertiary/aromatic N) is 3. The monoisotopic (exact) mass is 492 g/mol. The molecule has 0 aliphatic rings. The van der Waals surface area contributed by atoms with Crippen molar-refractivity contribution in [2.75, 3.05) is 17.7 Å². The van der Waals surface area contributed by atoms with Crippen LogP contribution in [0.15, 0.2) is 71.9 Å². The van der Waals surface area contributed by atoms with E-state index in [1.165, 1.54) is 11.8 Å². The van der Waals surface area contributed by atoms with E-state index in [9.17, 15) is 4.79 Å². The number of hydrogen-bond acceptors (Lipinski definition) is 5. The second kappa shape index (κ2) is 10.8. The van der Waals surface area contributed by atoms with Crippen LogP contribution in [0.25, 0.3) is 17.1 Å². The van der Waals surface area contributed by atoms with Crippen molar-refractivity contribution in [1.29, 1.82) is 0 Å². The Morgan fingerprint density at radius 2 is 1.85 bits per heavy atom. The van der Waals surface area contributed by atoms with Crippen molar-refractivity contribution >= 4 is 35.0 Å². The second-order valence-corrected chi connectivity index (χ2v) is 9.11. The van der Waals surface area contributed by atoms with Gasteiger partial charge in [0.15, 0.2) is 11.0 Å². The first kappa shape index (κ1) is 23.9. The van der Waals surface area contributed by atoms with E-state index in [0.29, 0.717) is 22.6 Å². The molecule has 4 aromatic rings. The van der Waals surface area contributed by atoms with Crippen LogP contribution in [0.3, 0.4) is 0 Å². The van der Waals surface area contributed by atoms with E-state index in [0.717, 1.165) is 33.8 Å². The highest BCUT2D eigenvalue weighted by Crippen LogP contribution is 2.30. The molecule has 174 valence electrons. The summed E-state index contributed by atoms with van der Waals surface area (Å²) < 4.78 is 7.50. The van der Waals surface area contributed by atoms with Gasteiger partial charge in [0.2, 0.25) is 5.91 Å². The first-order valence-corrected chi connectivity index (χ1v) is 12.3. The average molecular weight is 493 g/mol. The molecule has 1 heterocycles. The number of benzene rings is 3. The van der Waals surface area contributed by atoms with Crippen LogP contribution in [0.1, 0.15) is 18.1 Å². The number of nitrogens with one attached hydrogen (secondary N) is 1. The molecule has 0 aliphatic heterocycles. The number of amides is 1. The lowest BCUT2D eigenvalue weighted by Gasteiger charge is -2.12. The molecule has 0 saturated carbocycles. The lowest BCUT2D eigenvalue weighted by atomic mass is 10.1. The van der Waals surface area contributed by atoms with Crippen LogP contribution in [0.4, 0.5) is 5.69 Å². The highest BCUT2D eigenvalue weighted by molar-refractivity contribution is 7.99. The molecule has 1 N–H and O–H groups in total. The Bertz CT molecular complexity index is 1300. The van der Waals surface area contributed by atoms with Crippen molar-refractivity contribution in [3.05, 3.63) is 82.9 Å². The number of halogens is 1. The van der Waals surface area contributed by atoms with Crippen LogP contribution in [-0.2, 0) is 4.79 Å². The fraction of sp³-hybridized carbons (Fsp3) is 0.192. The van der Waals surface area contributed by atoms with Gasteiger partial charge in [-0.1, -0.05) is 47.6 Å². The van der Waals surface area contributed by atoms with Gasteiger partial charge in [-0.25, -0.2) is 0 Å². The van der Waals surface area contributed by atoms with Crippen LogP contribution in [0.5, 0.6) is 5.75 Å². The van der Waals surface area contributed by atoms with Gasteiger partial charge in [-0.3, -0.25) is 9.36 Å². The molecule has 6 nitrogen and oxygen atoms in total. The summed E-state index contributed by atoms with van der Waals surface area (Å²) in [6.45, 7) is 6.52. The number of anilines is 1. The molecule has 0 unspecified atom stereocenters. The van der Waals surface area contributed by atoms with Crippen LogP contribution in [-0.4, -0.2) is 33.0 Å².